The fourth-order valence-corrected chi connectivity index (χ4v) is 2.75. The lowest BCUT2D eigenvalue weighted by Crippen LogP contribution is -2.11. The Labute approximate surface area is 126 Å². The first-order valence-electron chi connectivity index (χ1n) is 6.12. The van der Waals surface area contributed by atoms with Crippen LogP contribution in [-0.4, -0.2) is 22.0 Å². The van der Waals surface area contributed by atoms with E-state index >= 15 is 0 Å². The second-order valence-corrected chi connectivity index (χ2v) is 5.37. The van der Waals surface area contributed by atoms with E-state index in [0.29, 0.717) is 18.0 Å². The van der Waals surface area contributed by atoms with E-state index in [4.69, 9.17) is 4.74 Å². The zero-order chi connectivity index (χ0) is 14.0. The summed E-state index contributed by atoms with van der Waals surface area (Å²) in [4.78, 5) is 0. The van der Waals surface area contributed by atoms with E-state index in [1.165, 1.54) is 0 Å². The first kappa shape index (κ1) is 14.3. The van der Waals surface area contributed by atoms with Crippen molar-refractivity contribution in [2.45, 2.75) is 26.5 Å². The van der Waals surface area contributed by atoms with Gasteiger partial charge in [0.15, 0.2) is 5.75 Å². The molecule has 0 radical (unpaired) electrons. The van der Waals surface area contributed by atoms with E-state index in [1.54, 1.807) is 18.0 Å². The molecule has 1 aromatic heterocycles. The predicted molar refractivity (Wildman–Crippen MR) is 82.4 cm³/mol. The SMILES string of the molecule is CCn1ncc(OC)c1C(O)c1cccc(C)c1I. The van der Waals surface area contributed by atoms with Gasteiger partial charge in [0.1, 0.15) is 11.8 Å². The molecule has 0 saturated heterocycles. The summed E-state index contributed by atoms with van der Waals surface area (Å²) < 4.78 is 8.13. The summed E-state index contributed by atoms with van der Waals surface area (Å²) in [6, 6.07) is 5.92. The van der Waals surface area contributed by atoms with Crippen LogP contribution < -0.4 is 4.74 Å². The average molecular weight is 372 g/mol. The van der Waals surface area contributed by atoms with Crippen LogP contribution in [0.4, 0.5) is 0 Å². The van der Waals surface area contributed by atoms with Gasteiger partial charge in [0.05, 0.1) is 13.3 Å². The van der Waals surface area contributed by atoms with Gasteiger partial charge in [-0.05, 0) is 42.0 Å². The number of ether oxygens (including phenoxy) is 1. The summed E-state index contributed by atoms with van der Waals surface area (Å²) in [5, 5.41) is 14.9. The van der Waals surface area contributed by atoms with Crippen LogP contribution in [0.25, 0.3) is 0 Å². The van der Waals surface area contributed by atoms with Gasteiger partial charge in [-0.1, -0.05) is 18.2 Å². The molecule has 1 aromatic carbocycles. The quantitative estimate of drug-likeness (QED) is 0.840. The minimum Gasteiger partial charge on any atom is -0.493 e. The van der Waals surface area contributed by atoms with Gasteiger partial charge in [-0.3, -0.25) is 4.68 Å². The highest BCUT2D eigenvalue weighted by Gasteiger charge is 2.23. The molecular formula is C14H17IN2O2. The molecular weight excluding hydrogens is 355 g/mol. The van der Waals surface area contributed by atoms with Crippen molar-refractivity contribution < 1.29 is 9.84 Å². The highest BCUT2D eigenvalue weighted by molar-refractivity contribution is 14.1. The Morgan fingerprint density at radius 3 is 2.84 bits per heavy atom. The largest absolute Gasteiger partial charge is 0.493 e. The predicted octanol–water partition coefficient (Wildman–Crippen LogP) is 2.91. The van der Waals surface area contributed by atoms with Crippen molar-refractivity contribution in [3.05, 3.63) is 44.8 Å². The minimum absolute atomic E-state index is 0.617. The fraction of sp³-hybridized carbons (Fsp3) is 0.357. The molecule has 1 N–H and O–H groups in total. The van der Waals surface area contributed by atoms with E-state index in [9.17, 15) is 5.11 Å². The van der Waals surface area contributed by atoms with Gasteiger partial charge < -0.3 is 9.84 Å². The number of aliphatic hydroxyl groups excluding tert-OH is 1. The smallest absolute Gasteiger partial charge is 0.163 e. The molecule has 0 amide bonds. The van der Waals surface area contributed by atoms with Crippen LogP contribution >= 0.6 is 22.6 Å². The number of aromatic nitrogens is 2. The molecule has 0 aliphatic heterocycles. The molecule has 0 aliphatic rings. The molecule has 102 valence electrons. The zero-order valence-electron chi connectivity index (χ0n) is 11.2. The van der Waals surface area contributed by atoms with Crippen LogP contribution in [0.1, 0.15) is 29.8 Å². The van der Waals surface area contributed by atoms with Gasteiger partial charge in [-0.2, -0.15) is 5.10 Å². The number of hydrogen-bond acceptors (Lipinski definition) is 3. The fourth-order valence-electron chi connectivity index (χ4n) is 2.09. The van der Waals surface area contributed by atoms with E-state index in [-0.39, 0.29) is 0 Å². The number of benzene rings is 1. The zero-order valence-corrected chi connectivity index (χ0v) is 13.4. The summed E-state index contributed by atoms with van der Waals surface area (Å²) in [5.41, 5.74) is 2.74. The lowest BCUT2D eigenvalue weighted by Gasteiger charge is -2.17. The summed E-state index contributed by atoms with van der Waals surface area (Å²) in [7, 11) is 1.59. The maximum atomic E-state index is 10.7. The summed E-state index contributed by atoms with van der Waals surface area (Å²) in [6.07, 6.45) is 0.911. The summed E-state index contributed by atoms with van der Waals surface area (Å²) in [6.45, 7) is 4.72. The number of nitrogens with zero attached hydrogens (tertiary/aromatic N) is 2. The van der Waals surface area contributed by atoms with Gasteiger partial charge in [0.25, 0.3) is 0 Å². The van der Waals surface area contributed by atoms with Crippen molar-refractivity contribution in [1.29, 1.82) is 0 Å². The topological polar surface area (TPSA) is 47.3 Å². The molecule has 0 aliphatic carbocycles. The Morgan fingerprint density at radius 2 is 2.21 bits per heavy atom. The molecule has 19 heavy (non-hydrogen) atoms. The van der Waals surface area contributed by atoms with E-state index < -0.39 is 6.10 Å². The first-order valence-corrected chi connectivity index (χ1v) is 7.20. The van der Waals surface area contributed by atoms with Crippen LogP contribution in [0.15, 0.2) is 24.4 Å². The molecule has 2 rings (SSSR count). The normalized spacial score (nSPS) is 12.5. The highest BCUT2D eigenvalue weighted by Crippen LogP contribution is 2.33. The number of hydrogen-bond donors (Lipinski definition) is 1. The molecule has 0 spiro atoms. The Hall–Kier alpha value is -1.08. The number of aliphatic hydroxyl groups is 1. The highest BCUT2D eigenvalue weighted by atomic mass is 127. The van der Waals surface area contributed by atoms with Crippen LogP contribution in [-0.2, 0) is 6.54 Å². The van der Waals surface area contributed by atoms with E-state index in [0.717, 1.165) is 14.7 Å². The van der Waals surface area contributed by atoms with Gasteiger partial charge in [0, 0.05) is 15.7 Å². The van der Waals surface area contributed by atoms with Gasteiger partial charge in [-0.25, -0.2) is 0 Å². The average Bonchev–Trinajstić information content (AvgIpc) is 2.84. The lowest BCUT2D eigenvalue weighted by molar-refractivity contribution is 0.201. The van der Waals surface area contributed by atoms with Crippen LogP contribution in [0.5, 0.6) is 5.75 Å². The van der Waals surface area contributed by atoms with Gasteiger partial charge in [0.2, 0.25) is 0 Å². The number of rotatable bonds is 4. The molecule has 4 nitrogen and oxygen atoms in total. The third-order valence-corrected chi connectivity index (χ3v) is 4.61. The molecule has 1 unspecified atom stereocenters. The van der Waals surface area contributed by atoms with E-state index in [1.807, 2.05) is 32.0 Å². The third kappa shape index (κ3) is 2.62. The number of halogens is 1. The molecule has 1 heterocycles. The lowest BCUT2D eigenvalue weighted by atomic mass is 10.0. The number of aryl methyl sites for hydroxylation is 2. The van der Waals surface area contributed by atoms with Crippen molar-refractivity contribution in [2.24, 2.45) is 0 Å². The Morgan fingerprint density at radius 1 is 1.47 bits per heavy atom. The Kier molecular flexibility index (Phi) is 4.46. The van der Waals surface area contributed by atoms with Crippen molar-refractivity contribution in [2.75, 3.05) is 7.11 Å². The minimum atomic E-state index is -0.732. The molecule has 2 aromatic rings. The van der Waals surface area contributed by atoms with Crippen LogP contribution in [0, 0.1) is 10.5 Å². The molecule has 0 fully saturated rings. The molecule has 5 heteroatoms. The van der Waals surface area contributed by atoms with Gasteiger partial charge >= 0.3 is 0 Å². The van der Waals surface area contributed by atoms with Crippen LogP contribution in [0.2, 0.25) is 0 Å². The second-order valence-electron chi connectivity index (χ2n) is 4.29. The second kappa shape index (κ2) is 5.92. The standard InChI is InChI=1S/C14H17IN2O2/c1-4-17-13(11(19-3)8-16-17)14(18)10-7-5-6-9(2)12(10)15/h5-8,14,18H,4H2,1-3H3. The maximum absolute atomic E-state index is 10.7. The third-order valence-electron chi connectivity index (χ3n) is 3.14. The Bertz CT molecular complexity index is 559. The summed E-state index contributed by atoms with van der Waals surface area (Å²) in [5.74, 6) is 0.617. The number of methoxy groups -OCH3 is 1. The Balaban J connectivity index is 2.52. The van der Waals surface area contributed by atoms with Gasteiger partial charge in [-0.15, -0.1) is 0 Å². The van der Waals surface area contributed by atoms with Crippen LogP contribution in [0.3, 0.4) is 0 Å². The first-order chi connectivity index (χ1) is 9.10. The summed E-state index contributed by atoms with van der Waals surface area (Å²) >= 11 is 2.26. The van der Waals surface area contributed by atoms with E-state index in [2.05, 4.69) is 27.7 Å². The molecule has 1 atom stereocenters. The van der Waals surface area contributed by atoms with Crippen molar-refractivity contribution in [3.8, 4) is 5.75 Å². The molecule has 0 bridgehead atoms. The van der Waals surface area contributed by atoms with Crippen molar-refractivity contribution in [3.63, 3.8) is 0 Å². The maximum Gasteiger partial charge on any atom is 0.163 e. The monoisotopic (exact) mass is 372 g/mol. The van der Waals surface area contributed by atoms with Crippen molar-refractivity contribution in [1.82, 2.24) is 9.78 Å². The molecule has 0 saturated carbocycles. The van der Waals surface area contributed by atoms with Crippen molar-refractivity contribution >= 4 is 22.6 Å².